The molecule has 2 rings (SSSR count). The van der Waals surface area contributed by atoms with Gasteiger partial charge in [-0.1, -0.05) is 6.92 Å². The lowest BCUT2D eigenvalue weighted by Gasteiger charge is -2.21. The van der Waals surface area contributed by atoms with E-state index < -0.39 is 0 Å². The minimum atomic E-state index is 0.559. The number of aromatic nitrogens is 2. The highest BCUT2D eigenvalue weighted by atomic mass is 35.5. The molecule has 0 unspecified atom stereocenters. The van der Waals surface area contributed by atoms with Crippen LogP contribution in [0.3, 0.4) is 0 Å². The molecule has 0 aliphatic carbocycles. The maximum Gasteiger partial charge on any atom is 0.0689 e. The van der Waals surface area contributed by atoms with Gasteiger partial charge in [-0.2, -0.15) is 5.10 Å². The molecule has 0 spiro atoms. The van der Waals surface area contributed by atoms with Crippen molar-refractivity contribution in [2.45, 2.75) is 38.5 Å². The summed E-state index contributed by atoms with van der Waals surface area (Å²) in [6, 6.07) is 0. The molecule has 4 heteroatoms. The highest BCUT2D eigenvalue weighted by Crippen LogP contribution is 2.29. The van der Waals surface area contributed by atoms with E-state index in [1.807, 2.05) is 0 Å². The first-order chi connectivity index (χ1) is 7.86. The van der Waals surface area contributed by atoms with Crippen LogP contribution >= 0.6 is 11.6 Å². The first-order valence-corrected chi connectivity index (χ1v) is 6.60. The molecule has 0 atom stereocenters. The number of H-pyrrole nitrogens is 1. The number of alkyl halides is 1. The van der Waals surface area contributed by atoms with Gasteiger partial charge in [-0.15, -0.1) is 11.6 Å². The van der Waals surface area contributed by atoms with Crippen molar-refractivity contribution in [1.29, 1.82) is 0 Å². The Morgan fingerprint density at radius 3 is 2.81 bits per heavy atom. The van der Waals surface area contributed by atoms with Crippen LogP contribution in [0, 0.1) is 0 Å². The van der Waals surface area contributed by atoms with Gasteiger partial charge in [0.25, 0.3) is 0 Å². The summed E-state index contributed by atoms with van der Waals surface area (Å²) in [4.78, 5) is 0. The lowest BCUT2D eigenvalue weighted by Crippen LogP contribution is -2.15. The predicted octanol–water partition coefficient (Wildman–Crippen LogP) is 2.65. The number of ether oxygens (including phenoxy) is 1. The van der Waals surface area contributed by atoms with E-state index in [9.17, 15) is 0 Å². The molecule has 1 fully saturated rings. The number of rotatable bonds is 4. The van der Waals surface area contributed by atoms with Crippen LogP contribution < -0.4 is 0 Å². The van der Waals surface area contributed by atoms with Gasteiger partial charge < -0.3 is 4.74 Å². The predicted molar refractivity (Wildman–Crippen MR) is 65.2 cm³/mol. The van der Waals surface area contributed by atoms with Gasteiger partial charge in [0.1, 0.15) is 0 Å². The van der Waals surface area contributed by atoms with E-state index >= 15 is 0 Å². The minimum absolute atomic E-state index is 0.559. The maximum atomic E-state index is 5.87. The summed E-state index contributed by atoms with van der Waals surface area (Å²) in [5.74, 6) is 1.23. The van der Waals surface area contributed by atoms with Crippen molar-refractivity contribution in [3.63, 3.8) is 0 Å². The summed E-state index contributed by atoms with van der Waals surface area (Å²) < 4.78 is 5.39. The Morgan fingerprint density at radius 2 is 2.19 bits per heavy atom. The van der Waals surface area contributed by atoms with Crippen molar-refractivity contribution in [1.82, 2.24) is 10.2 Å². The Hall–Kier alpha value is -0.540. The number of nitrogens with one attached hydrogen (secondary N) is 1. The SMILES string of the molecule is CCc1[nH]nc(C2CCOCC2)c1CCCl. The van der Waals surface area contributed by atoms with Crippen LogP contribution in [0.2, 0.25) is 0 Å². The zero-order valence-electron chi connectivity index (χ0n) is 9.76. The average molecular weight is 243 g/mol. The van der Waals surface area contributed by atoms with Crippen LogP contribution in [0.4, 0.5) is 0 Å². The molecule has 0 aromatic carbocycles. The van der Waals surface area contributed by atoms with E-state index in [4.69, 9.17) is 16.3 Å². The third-order valence-electron chi connectivity index (χ3n) is 3.29. The molecule has 1 aliphatic heterocycles. The van der Waals surface area contributed by atoms with Crippen molar-refractivity contribution in [2.75, 3.05) is 19.1 Å². The summed E-state index contributed by atoms with van der Waals surface area (Å²) in [6.45, 7) is 3.87. The Bertz CT molecular complexity index is 332. The van der Waals surface area contributed by atoms with E-state index in [1.165, 1.54) is 17.0 Å². The molecule has 3 nitrogen and oxygen atoms in total. The molecule has 1 aromatic heterocycles. The van der Waals surface area contributed by atoms with Crippen LogP contribution in [-0.2, 0) is 17.6 Å². The smallest absolute Gasteiger partial charge is 0.0689 e. The molecule has 16 heavy (non-hydrogen) atoms. The van der Waals surface area contributed by atoms with Crippen LogP contribution in [0.5, 0.6) is 0 Å². The molecule has 1 N–H and O–H groups in total. The first-order valence-electron chi connectivity index (χ1n) is 6.06. The fraction of sp³-hybridized carbons (Fsp3) is 0.750. The van der Waals surface area contributed by atoms with Gasteiger partial charge >= 0.3 is 0 Å². The van der Waals surface area contributed by atoms with Gasteiger partial charge in [-0.05, 0) is 31.2 Å². The average Bonchev–Trinajstić information content (AvgIpc) is 2.74. The summed E-state index contributed by atoms with van der Waals surface area (Å²) in [7, 11) is 0. The number of halogens is 1. The van der Waals surface area contributed by atoms with Crippen molar-refractivity contribution in [3.05, 3.63) is 17.0 Å². The molecular weight excluding hydrogens is 224 g/mol. The molecule has 0 amide bonds. The second-order valence-electron chi connectivity index (χ2n) is 4.25. The van der Waals surface area contributed by atoms with Crippen LogP contribution in [0.15, 0.2) is 0 Å². The molecule has 0 radical (unpaired) electrons. The third-order valence-corrected chi connectivity index (χ3v) is 3.48. The maximum absolute atomic E-state index is 5.87. The zero-order valence-corrected chi connectivity index (χ0v) is 10.5. The van der Waals surface area contributed by atoms with Gasteiger partial charge in [0.2, 0.25) is 0 Å². The molecular formula is C12H19ClN2O. The molecule has 1 aliphatic rings. The quantitative estimate of drug-likeness (QED) is 0.825. The minimum Gasteiger partial charge on any atom is -0.381 e. The van der Waals surface area contributed by atoms with Gasteiger partial charge in [0.05, 0.1) is 5.69 Å². The second-order valence-corrected chi connectivity index (χ2v) is 4.62. The third kappa shape index (κ3) is 2.41. The fourth-order valence-electron chi connectivity index (χ4n) is 2.39. The van der Waals surface area contributed by atoms with Crippen molar-refractivity contribution >= 4 is 11.6 Å². The van der Waals surface area contributed by atoms with Crippen molar-refractivity contribution in [2.24, 2.45) is 0 Å². The van der Waals surface area contributed by atoms with Gasteiger partial charge in [-0.25, -0.2) is 0 Å². The van der Waals surface area contributed by atoms with Gasteiger partial charge in [0.15, 0.2) is 0 Å². The monoisotopic (exact) mass is 242 g/mol. The Labute approximate surface area is 102 Å². The molecule has 2 heterocycles. The normalized spacial score (nSPS) is 17.9. The molecule has 0 saturated carbocycles. The van der Waals surface area contributed by atoms with E-state index in [0.29, 0.717) is 11.8 Å². The van der Waals surface area contributed by atoms with Crippen molar-refractivity contribution < 1.29 is 4.74 Å². The Kier molecular flexibility index (Phi) is 4.24. The number of aromatic amines is 1. The number of hydrogen-bond acceptors (Lipinski definition) is 2. The topological polar surface area (TPSA) is 37.9 Å². The highest BCUT2D eigenvalue weighted by molar-refractivity contribution is 6.18. The van der Waals surface area contributed by atoms with Crippen LogP contribution in [0.25, 0.3) is 0 Å². The standard InChI is InChI=1S/C12H19ClN2O/c1-2-11-10(3-6-13)12(15-14-11)9-4-7-16-8-5-9/h9H,2-8H2,1H3,(H,14,15). The summed E-state index contributed by atoms with van der Waals surface area (Å²) >= 11 is 5.87. The highest BCUT2D eigenvalue weighted by Gasteiger charge is 2.22. The van der Waals surface area contributed by atoms with Crippen molar-refractivity contribution in [3.8, 4) is 0 Å². The molecule has 1 saturated heterocycles. The molecule has 0 bridgehead atoms. The zero-order chi connectivity index (χ0) is 11.4. The fourth-order valence-corrected chi connectivity index (χ4v) is 2.58. The van der Waals surface area contributed by atoms with E-state index in [2.05, 4.69) is 17.1 Å². The summed E-state index contributed by atoms with van der Waals surface area (Å²) in [5.41, 5.74) is 3.84. The van der Waals surface area contributed by atoms with Crippen LogP contribution in [0.1, 0.15) is 42.6 Å². The number of hydrogen-bond donors (Lipinski definition) is 1. The van der Waals surface area contributed by atoms with Gasteiger partial charge in [-0.3, -0.25) is 5.10 Å². The largest absolute Gasteiger partial charge is 0.381 e. The lowest BCUT2D eigenvalue weighted by molar-refractivity contribution is 0.0843. The van der Waals surface area contributed by atoms with Gasteiger partial charge in [0, 0.05) is 30.7 Å². The Morgan fingerprint density at radius 1 is 1.44 bits per heavy atom. The second kappa shape index (κ2) is 5.69. The van der Waals surface area contributed by atoms with E-state index in [0.717, 1.165) is 38.9 Å². The number of nitrogens with zero attached hydrogens (tertiary/aromatic N) is 1. The first kappa shape index (κ1) is 11.9. The summed E-state index contributed by atoms with van der Waals surface area (Å²) in [6.07, 6.45) is 4.10. The van der Waals surface area contributed by atoms with E-state index in [1.54, 1.807) is 0 Å². The molecule has 90 valence electrons. The molecule has 1 aromatic rings. The van der Waals surface area contributed by atoms with Crippen LogP contribution in [-0.4, -0.2) is 29.3 Å². The number of aryl methyl sites for hydroxylation is 1. The Balaban J connectivity index is 2.20. The lowest BCUT2D eigenvalue weighted by atomic mass is 9.92. The summed E-state index contributed by atoms with van der Waals surface area (Å²) in [5, 5.41) is 7.65. The van der Waals surface area contributed by atoms with E-state index in [-0.39, 0.29) is 0 Å².